The highest BCUT2D eigenvalue weighted by atomic mass is 32.1. The van der Waals surface area contributed by atoms with E-state index in [0.29, 0.717) is 17.1 Å². The first-order valence-electron chi connectivity index (χ1n) is 6.35. The van der Waals surface area contributed by atoms with Gasteiger partial charge in [0.15, 0.2) is 0 Å². The maximum atomic E-state index is 5.79. The Balaban J connectivity index is 2.34. The number of nitrogens with two attached hydrogens (primary N) is 1. The molecule has 0 aromatic carbocycles. The van der Waals surface area contributed by atoms with Crippen molar-refractivity contribution in [3.63, 3.8) is 0 Å². The normalized spacial score (nSPS) is 23.9. The Bertz CT molecular complexity index is 250. The number of nitrogens with zero attached hydrogens (tertiary/aromatic N) is 2. The van der Waals surface area contributed by atoms with Crippen LogP contribution in [0.5, 0.6) is 0 Å². The number of ether oxygens (including phenoxy) is 1. The van der Waals surface area contributed by atoms with Gasteiger partial charge in [-0.15, -0.1) is 0 Å². The third kappa shape index (κ3) is 5.29. The summed E-state index contributed by atoms with van der Waals surface area (Å²) in [6, 6.07) is 0.383. The van der Waals surface area contributed by atoms with E-state index in [0.717, 1.165) is 39.2 Å². The third-order valence-corrected chi connectivity index (χ3v) is 3.58. The van der Waals surface area contributed by atoms with Crippen LogP contribution in [0, 0.1) is 0 Å². The summed E-state index contributed by atoms with van der Waals surface area (Å²) < 4.78 is 5.79. The lowest BCUT2D eigenvalue weighted by Gasteiger charge is -2.35. The first-order valence-corrected chi connectivity index (χ1v) is 6.76. The van der Waals surface area contributed by atoms with Gasteiger partial charge in [-0.05, 0) is 20.5 Å². The number of morpholine rings is 1. The van der Waals surface area contributed by atoms with Crippen LogP contribution in [0.25, 0.3) is 0 Å². The molecule has 1 heterocycles. The second-order valence-electron chi connectivity index (χ2n) is 4.85. The van der Waals surface area contributed by atoms with Gasteiger partial charge in [-0.3, -0.25) is 4.90 Å². The van der Waals surface area contributed by atoms with Gasteiger partial charge in [0.25, 0.3) is 0 Å². The molecule has 1 saturated heterocycles. The van der Waals surface area contributed by atoms with Crippen LogP contribution in [0.15, 0.2) is 0 Å². The van der Waals surface area contributed by atoms with E-state index in [1.807, 2.05) is 0 Å². The van der Waals surface area contributed by atoms with Crippen LogP contribution in [0.1, 0.15) is 20.3 Å². The molecular formula is C12H25N3OS. The summed E-state index contributed by atoms with van der Waals surface area (Å²) in [6.07, 6.45) is 1.08. The minimum atomic E-state index is 0.308. The van der Waals surface area contributed by atoms with E-state index in [-0.39, 0.29) is 0 Å². The van der Waals surface area contributed by atoms with Gasteiger partial charge in [-0.1, -0.05) is 19.1 Å². The van der Waals surface area contributed by atoms with Gasteiger partial charge >= 0.3 is 0 Å². The van der Waals surface area contributed by atoms with Crippen molar-refractivity contribution in [1.82, 2.24) is 9.80 Å². The van der Waals surface area contributed by atoms with Gasteiger partial charge in [0.1, 0.15) is 0 Å². The molecule has 0 amide bonds. The number of hydrogen-bond donors (Lipinski definition) is 1. The minimum absolute atomic E-state index is 0.308. The van der Waals surface area contributed by atoms with Crippen LogP contribution in [-0.4, -0.2) is 66.8 Å². The molecule has 2 unspecified atom stereocenters. The molecule has 4 nitrogen and oxygen atoms in total. The fourth-order valence-corrected chi connectivity index (χ4v) is 2.37. The van der Waals surface area contributed by atoms with Gasteiger partial charge in [0.05, 0.1) is 17.7 Å². The molecule has 0 radical (unpaired) electrons. The minimum Gasteiger partial charge on any atom is -0.393 e. The van der Waals surface area contributed by atoms with E-state index in [2.05, 4.69) is 30.7 Å². The predicted octanol–water partition coefficient (Wildman–Crippen LogP) is 0.704. The molecule has 2 atom stereocenters. The highest BCUT2D eigenvalue weighted by molar-refractivity contribution is 7.80. The molecule has 17 heavy (non-hydrogen) atoms. The van der Waals surface area contributed by atoms with Gasteiger partial charge in [0.2, 0.25) is 0 Å². The van der Waals surface area contributed by atoms with Crippen molar-refractivity contribution in [2.45, 2.75) is 32.4 Å². The number of likely N-dealkylation sites (N-methyl/N-ethyl adjacent to an activating group) is 2. The lowest BCUT2D eigenvalue weighted by molar-refractivity contribution is -0.0423. The Hall–Kier alpha value is -0.230. The van der Waals surface area contributed by atoms with Crippen molar-refractivity contribution in [2.24, 2.45) is 5.73 Å². The summed E-state index contributed by atoms with van der Waals surface area (Å²) in [7, 11) is 2.11. The number of rotatable bonds is 6. The summed E-state index contributed by atoms with van der Waals surface area (Å²) in [6.45, 7) is 9.32. The van der Waals surface area contributed by atoms with Crippen LogP contribution >= 0.6 is 12.2 Å². The zero-order valence-corrected chi connectivity index (χ0v) is 12.0. The van der Waals surface area contributed by atoms with Crippen molar-refractivity contribution >= 4 is 17.2 Å². The molecule has 1 aliphatic heterocycles. The molecule has 100 valence electrons. The van der Waals surface area contributed by atoms with Crippen molar-refractivity contribution in [3.05, 3.63) is 0 Å². The fraction of sp³-hybridized carbons (Fsp3) is 0.917. The standard InChI is InChI=1S/C12H25N3OS/c1-4-15-5-6-16-11(9-15)8-14(3)10(2)7-12(13)17/h10-11H,4-9H2,1-3H3,(H2,13,17). The first-order chi connectivity index (χ1) is 8.02. The molecule has 0 aromatic heterocycles. The van der Waals surface area contributed by atoms with Crippen LogP contribution in [0.4, 0.5) is 0 Å². The molecule has 1 fully saturated rings. The monoisotopic (exact) mass is 259 g/mol. The fourth-order valence-electron chi connectivity index (χ4n) is 2.13. The first kappa shape index (κ1) is 14.8. The van der Waals surface area contributed by atoms with E-state index in [9.17, 15) is 0 Å². The van der Waals surface area contributed by atoms with Crippen LogP contribution < -0.4 is 5.73 Å². The van der Waals surface area contributed by atoms with Gasteiger partial charge < -0.3 is 15.4 Å². The van der Waals surface area contributed by atoms with Gasteiger partial charge in [-0.25, -0.2) is 0 Å². The Morgan fingerprint density at radius 2 is 2.35 bits per heavy atom. The average Bonchev–Trinajstić information content (AvgIpc) is 2.28. The van der Waals surface area contributed by atoms with Crippen LogP contribution in [0.3, 0.4) is 0 Å². The summed E-state index contributed by atoms with van der Waals surface area (Å²) >= 11 is 4.94. The number of hydrogen-bond acceptors (Lipinski definition) is 4. The quantitative estimate of drug-likeness (QED) is 0.711. The van der Waals surface area contributed by atoms with Crippen LogP contribution in [0.2, 0.25) is 0 Å². The molecule has 0 aromatic rings. The van der Waals surface area contributed by atoms with E-state index in [1.165, 1.54) is 0 Å². The van der Waals surface area contributed by atoms with Crippen molar-refractivity contribution in [2.75, 3.05) is 39.8 Å². The second kappa shape index (κ2) is 7.26. The molecule has 1 aliphatic rings. The molecule has 0 spiro atoms. The van der Waals surface area contributed by atoms with Crippen molar-refractivity contribution < 1.29 is 4.74 Å². The highest BCUT2D eigenvalue weighted by Crippen LogP contribution is 2.09. The lowest BCUT2D eigenvalue weighted by atomic mass is 10.2. The van der Waals surface area contributed by atoms with E-state index >= 15 is 0 Å². The molecule has 0 bridgehead atoms. The molecular weight excluding hydrogens is 234 g/mol. The third-order valence-electron chi connectivity index (χ3n) is 3.41. The molecule has 0 aliphatic carbocycles. The Labute approximate surface area is 110 Å². The van der Waals surface area contributed by atoms with Gasteiger partial charge in [0, 0.05) is 32.1 Å². The lowest BCUT2D eigenvalue weighted by Crippen LogP contribution is -2.48. The zero-order chi connectivity index (χ0) is 12.8. The molecule has 0 saturated carbocycles. The smallest absolute Gasteiger partial charge is 0.0829 e. The largest absolute Gasteiger partial charge is 0.393 e. The summed E-state index contributed by atoms with van der Waals surface area (Å²) in [5, 5.41) is 0. The Morgan fingerprint density at radius 3 is 2.94 bits per heavy atom. The average molecular weight is 259 g/mol. The van der Waals surface area contributed by atoms with Crippen molar-refractivity contribution in [1.29, 1.82) is 0 Å². The van der Waals surface area contributed by atoms with E-state index in [4.69, 9.17) is 22.7 Å². The van der Waals surface area contributed by atoms with Crippen LogP contribution in [-0.2, 0) is 4.74 Å². The number of thiocarbonyl (C=S) groups is 1. The predicted molar refractivity (Wildman–Crippen MR) is 75.3 cm³/mol. The highest BCUT2D eigenvalue weighted by Gasteiger charge is 2.22. The Kier molecular flexibility index (Phi) is 6.33. The molecule has 5 heteroatoms. The van der Waals surface area contributed by atoms with E-state index < -0.39 is 0 Å². The van der Waals surface area contributed by atoms with E-state index in [1.54, 1.807) is 0 Å². The van der Waals surface area contributed by atoms with Gasteiger partial charge in [-0.2, -0.15) is 0 Å². The SMILES string of the molecule is CCN1CCOC(CN(C)C(C)CC(N)=S)C1. The maximum absolute atomic E-state index is 5.79. The summed E-state index contributed by atoms with van der Waals surface area (Å²) in [5.74, 6) is 0. The topological polar surface area (TPSA) is 41.7 Å². The summed E-state index contributed by atoms with van der Waals surface area (Å²) in [5.41, 5.74) is 5.57. The molecule has 2 N–H and O–H groups in total. The second-order valence-corrected chi connectivity index (χ2v) is 5.37. The van der Waals surface area contributed by atoms with Crippen molar-refractivity contribution in [3.8, 4) is 0 Å². The maximum Gasteiger partial charge on any atom is 0.0829 e. The Morgan fingerprint density at radius 1 is 1.65 bits per heavy atom. The molecule has 1 rings (SSSR count). The zero-order valence-electron chi connectivity index (χ0n) is 11.2. The summed E-state index contributed by atoms with van der Waals surface area (Å²) in [4.78, 5) is 5.30.